The van der Waals surface area contributed by atoms with E-state index in [4.69, 9.17) is 4.98 Å². The van der Waals surface area contributed by atoms with Crippen LogP contribution < -0.4 is 5.32 Å². The topological polar surface area (TPSA) is 45.2 Å². The van der Waals surface area contributed by atoms with Gasteiger partial charge in [0.2, 0.25) is 5.91 Å². The summed E-state index contributed by atoms with van der Waals surface area (Å²) in [5.74, 6) is -0.00510. The van der Waals surface area contributed by atoms with Gasteiger partial charge in [0.1, 0.15) is 5.01 Å². The van der Waals surface area contributed by atoms with E-state index in [2.05, 4.69) is 60.9 Å². The number of nitrogens with one attached hydrogen (secondary N) is 1. The van der Waals surface area contributed by atoms with Crippen LogP contribution in [0.25, 0.3) is 11.3 Å². The summed E-state index contributed by atoms with van der Waals surface area (Å²) in [7, 11) is 1.95. The zero-order valence-corrected chi connectivity index (χ0v) is 18.7. The number of amides is 1. The number of aryl methyl sites for hydroxylation is 4. The number of likely N-dealkylation sites (N-methyl/N-ethyl adjacent to an activating group) is 1. The first-order valence-electron chi connectivity index (χ1n) is 9.95. The summed E-state index contributed by atoms with van der Waals surface area (Å²) in [5, 5.41) is 6.16. The molecule has 152 valence electrons. The van der Waals surface area contributed by atoms with Crippen molar-refractivity contribution in [3.63, 3.8) is 0 Å². The molecule has 0 aliphatic carbocycles. The molecular weight excluding hydrogens is 378 g/mol. The molecule has 4 nitrogen and oxygen atoms in total. The molecule has 0 spiro atoms. The number of anilines is 1. The predicted octanol–water partition coefficient (Wildman–Crippen LogP) is 5.37. The third kappa shape index (κ3) is 5.52. The van der Waals surface area contributed by atoms with Gasteiger partial charge in [-0.15, -0.1) is 11.3 Å². The van der Waals surface area contributed by atoms with Gasteiger partial charge in [-0.2, -0.15) is 0 Å². The quantitative estimate of drug-likeness (QED) is 0.573. The van der Waals surface area contributed by atoms with Gasteiger partial charge in [0.15, 0.2) is 0 Å². The van der Waals surface area contributed by atoms with Crippen molar-refractivity contribution in [1.29, 1.82) is 0 Å². The highest BCUT2D eigenvalue weighted by molar-refractivity contribution is 7.09. The van der Waals surface area contributed by atoms with E-state index < -0.39 is 0 Å². The van der Waals surface area contributed by atoms with Crippen molar-refractivity contribution in [1.82, 2.24) is 9.88 Å². The normalized spacial score (nSPS) is 11.1. The molecule has 1 N–H and O–H groups in total. The molecule has 0 aliphatic heterocycles. The number of carbonyl (C=O) groups excluding carboxylic acids is 1. The number of carbonyl (C=O) groups is 1. The van der Waals surface area contributed by atoms with Crippen LogP contribution in [0.1, 0.15) is 34.2 Å². The van der Waals surface area contributed by atoms with Gasteiger partial charge < -0.3 is 5.32 Å². The van der Waals surface area contributed by atoms with E-state index in [1.807, 2.05) is 25.8 Å². The van der Waals surface area contributed by atoms with Crippen LogP contribution in [0.5, 0.6) is 0 Å². The molecule has 0 radical (unpaired) electrons. The van der Waals surface area contributed by atoms with Gasteiger partial charge in [0.05, 0.1) is 18.8 Å². The molecule has 1 heterocycles. The van der Waals surface area contributed by atoms with E-state index in [1.165, 1.54) is 11.1 Å². The fraction of sp³-hybridized carbons (Fsp3) is 0.333. The summed E-state index contributed by atoms with van der Waals surface area (Å²) >= 11 is 1.64. The highest BCUT2D eigenvalue weighted by Crippen LogP contribution is 2.24. The number of rotatable bonds is 7. The maximum Gasteiger partial charge on any atom is 0.238 e. The molecule has 0 fully saturated rings. The molecule has 29 heavy (non-hydrogen) atoms. The maximum absolute atomic E-state index is 12.5. The highest BCUT2D eigenvalue weighted by atomic mass is 32.1. The van der Waals surface area contributed by atoms with E-state index >= 15 is 0 Å². The molecule has 0 saturated carbocycles. The largest absolute Gasteiger partial charge is 0.324 e. The zero-order valence-electron chi connectivity index (χ0n) is 17.9. The monoisotopic (exact) mass is 407 g/mol. The van der Waals surface area contributed by atoms with E-state index in [0.29, 0.717) is 13.1 Å². The fourth-order valence-electron chi connectivity index (χ4n) is 3.52. The van der Waals surface area contributed by atoms with E-state index in [-0.39, 0.29) is 5.91 Å². The number of hydrogen-bond acceptors (Lipinski definition) is 4. The van der Waals surface area contributed by atoms with Gasteiger partial charge >= 0.3 is 0 Å². The molecule has 1 aromatic heterocycles. The lowest BCUT2D eigenvalue weighted by molar-refractivity contribution is -0.117. The number of thiazole rings is 1. The Kier molecular flexibility index (Phi) is 6.83. The lowest BCUT2D eigenvalue weighted by Gasteiger charge is -2.17. The summed E-state index contributed by atoms with van der Waals surface area (Å²) in [6.07, 6.45) is 1.04. The second-order valence-corrected chi connectivity index (χ2v) is 8.61. The van der Waals surface area contributed by atoms with Crippen molar-refractivity contribution in [2.75, 3.05) is 18.9 Å². The highest BCUT2D eigenvalue weighted by Gasteiger charge is 2.13. The van der Waals surface area contributed by atoms with Gasteiger partial charge in [-0.1, -0.05) is 48.9 Å². The number of aromatic nitrogens is 1. The first kappa shape index (κ1) is 21.2. The van der Waals surface area contributed by atoms with E-state index in [1.54, 1.807) is 11.3 Å². The van der Waals surface area contributed by atoms with Gasteiger partial charge in [0.25, 0.3) is 0 Å². The Morgan fingerprint density at radius 1 is 1.10 bits per heavy atom. The van der Waals surface area contributed by atoms with Crippen molar-refractivity contribution >= 4 is 22.9 Å². The zero-order chi connectivity index (χ0) is 21.0. The fourth-order valence-corrected chi connectivity index (χ4v) is 4.40. The average Bonchev–Trinajstić information content (AvgIpc) is 3.13. The Labute approximate surface area is 177 Å². The Bertz CT molecular complexity index is 969. The summed E-state index contributed by atoms with van der Waals surface area (Å²) in [4.78, 5) is 19.3. The standard InChI is InChI=1S/C24H29N3OS/c1-6-19-7-9-20(10-8-19)21-15-29-23(25-21)14-27(5)13-22(28)26-24-17(3)11-16(2)12-18(24)4/h7-12,15H,6,13-14H2,1-5H3,(H,26,28). The minimum atomic E-state index is -0.00510. The van der Waals surface area contributed by atoms with Crippen LogP contribution in [0.2, 0.25) is 0 Å². The first-order chi connectivity index (χ1) is 13.9. The molecule has 0 aliphatic rings. The van der Waals surface area contributed by atoms with Crippen LogP contribution in [0.4, 0.5) is 5.69 Å². The Hall–Kier alpha value is -2.50. The van der Waals surface area contributed by atoms with Crippen LogP contribution >= 0.6 is 11.3 Å². The first-order valence-corrected chi connectivity index (χ1v) is 10.8. The third-order valence-corrected chi connectivity index (χ3v) is 5.80. The predicted molar refractivity (Wildman–Crippen MR) is 123 cm³/mol. The van der Waals surface area contributed by atoms with Crippen molar-refractivity contribution in [2.45, 2.75) is 40.7 Å². The summed E-state index contributed by atoms with van der Waals surface area (Å²) in [5.41, 5.74) is 7.77. The Morgan fingerprint density at radius 3 is 2.38 bits per heavy atom. The van der Waals surface area contributed by atoms with Gasteiger partial charge in [-0.25, -0.2) is 4.98 Å². The second-order valence-electron chi connectivity index (χ2n) is 7.67. The second kappa shape index (κ2) is 9.33. The van der Waals surface area contributed by atoms with Crippen LogP contribution in [0, 0.1) is 20.8 Å². The van der Waals surface area contributed by atoms with Crippen LogP contribution in [0.15, 0.2) is 41.8 Å². The van der Waals surface area contributed by atoms with Crippen molar-refractivity contribution in [3.8, 4) is 11.3 Å². The van der Waals surface area contributed by atoms with E-state index in [0.717, 1.165) is 39.5 Å². The lowest BCUT2D eigenvalue weighted by Crippen LogP contribution is -2.30. The number of nitrogens with zero attached hydrogens (tertiary/aromatic N) is 2. The molecule has 2 aromatic carbocycles. The Morgan fingerprint density at radius 2 is 1.76 bits per heavy atom. The van der Waals surface area contributed by atoms with Crippen LogP contribution in [0.3, 0.4) is 0 Å². The molecule has 1 amide bonds. The minimum Gasteiger partial charge on any atom is -0.324 e. The van der Waals surface area contributed by atoms with Crippen molar-refractivity contribution in [3.05, 3.63) is 69.0 Å². The lowest BCUT2D eigenvalue weighted by atomic mass is 10.1. The SMILES string of the molecule is CCc1ccc(-c2csc(CN(C)CC(=O)Nc3c(C)cc(C)cc3C)n2)cc1. The third-order valence-electron chi connectivity index (χ3n) is 4.97. The van der Waals surface area contributed by atoms with Gasteiger partial charge in [0, 0.05) is 16.6 Å². The Balaban J connectivity index is 1.59. The molecule has 0 saturated heterocycles. The smallest absolute Gasteiger partial charge is 0.238 e. The molecule has 0 atom stereocenters. The van der Waals surface area contributed by atoms with Crippen LogP contribution in [-0.2, 0) is 17.8 Å². The number of hydrogen-bond donors (Lipinski definition) is 1. The molecule has 0 bridgehead atoms. The summed E-state index contributed by atoms with van der Waals surface area (Å²) in [6.45, 7) is 9.26. The van der Waals surface area contributed by atoms with Crippen molar-refractivity contribution in [2.24, 2.45) is 0 Å². The number of benzene rings is 2. The van der Waals surface area contributed by atoms with Gasteiger partial charge in [-0.3, -0.25) is 9.69 Å². The van der Waals surface area contributed by atoms with Crippen molar-refractivity contribution < 1.29 is 4.79 Å². The van der Waals surface area contributed by atoms with Gasteiger partial charge in [-0.05, 0) is 50.9 Å². The molecule has 0 unspecified atom stereocenters. The minimum absolute atomic E-state index is 0.00510. The molecule has 5 heteroatoms. The molecule has 3 rings (SSSR count). The summed E-state index contributed by atoms with van der Waals surface area (Å²) in [6, 6.07) is 12.7. The van der Waals surface area contributed by atoms with Crippen LogP contribution in [-0.4, -0.2) is 29.4 Å². The van der Waals surface area contributed by atoms with E-state index in [9.17, 15) is 4.79 Å². The summed E-state index contributed by atoms with van der Waals surface area (Å²) < 4.78 is 0. The maximum atomic E-state index is 12.5. The molecular formula is C24H29N3OS. The molecule has 3 aromatic rings. The average molecular weight is 408 g/mol.